The summed E-state index contributed by atoms with van der Waals surface area (Å²) in [4.78, 5) is 0.109. The minimum atomic E-state index is -3.64. The second-order valence-corrected chi connectivity index (χ2v) is 6.54. The summed E-state index contributed by atoms with van der Waals surface area (Å²) in [5.41, 5.74) is 6.02. The molecular formula is C13H22N2O4S. The first-order chi connectivity index (χ1) is 9.31. The highest BCUT2D eigenvalue weighted by Gasteiger charge is 2.23. The molecule has 0 fully saturated rings. The van der Waals surface area contributed by atoms with Crippen molar-refractivity contribution in [3.05, 3.63) is 18.2 Å². The molecular weight excluding hydrogens is 280 g/mol. The topological polar surface area (TPSA) is 90.6 Å². The Hall–Kier alpha value is -1.31. The molecule has 1 unspecified atom stereocenters. The van der Waals surface area contributed by atoms with Gasteiger partial charge in [-0.3, -0.25) is 0 Å². The third kappa shape index (κ3) is 4.09. The zero-order chi connectivity index (χ0) is 15.3. The zero-order valence-corrected chi connectivity index (χ0v) is 13.0. The molecule has 3 N–H and O–H groups in total. The molecule has 0 heterocycles. The van der Waals surface area contributed by atoms with Crippen molar-refractivity contribution in [3.8, 4) is 5.75 Å². The average Bonchev–Trinajstić information content (AvgIpc) is 2.37. The van der Waals surface area contributed by atoms with Crippen molar-refractivity contribution in [1.82, 2.24) is 4.72 Å². The fraction of sp³-hybridized carbons (Fsp3) is 0.538. The van der Waals surface area contributed by atoms with E-state index in [1.165, 1.54) is 32.4 Å². The molecule has 0 amide bonds. The Morgan fingerprint density at radius 1 is 1.30 bits per heavy atom. The first kappa shape index (κ1) is 16.7. The number of nitrogens with two attached hydrogens (primary N) is 1. The van der Waals surface area contributed by atoms with Gasteiger partial charge in [0.15, 0.2) is 0 Å². The normalized spacial score (nSPS) is 13.4. The summed E-state index contributed by atoms with van der Waals surface area (Å²) in [6.45, 7) is 4.16. The molecule has 0 spiro atoms. The maximum atomic E-state index is 12.3. The van der Waals surface area contributed by atoms with Gasteiger partial charge in [0.25, 0.3) is 0 Å². The van der Waals surface area contributed by atoms with Gasteiger partial charge in [0.05, 0.1) is 24.3 Å². The summed E-state index contributed by atoms with van der Waals surface area (Å²) < 4.78 is 37.3. The van der Waals surface area contributed by atoms with E-state index in [4.69, 9.17) is 15.2 Å². The fourth-order valence-electron chi connectivity index (χ4n) is 1.69. The highest BCUT2D eigenvalue weighted by atomic mass is 32.2. The van der Waals surface area contributed by atoms with Crippen LogP contribution >= 0.6 is 0 Å². The number of anilines is 1. The molecule has 20 heavy (non-hydrogen) atoms. The number of methoxy groups -OCH3 is 2. The van der Waals surface area contributed by atoms with Crippen LogP contribution in [0.4, 0.5) is 5.69 Å². The van der Waals surface area contributed by atoms with Gasteiger partial charge in [0.1, 0.15) is 5.75 Å². The quantitative estimate of drug-likeness (QED) is 0.739. The minimum absolute atomic E-state index is 0.109. The molecule has 0 aliphatic carbocycles. The van der Waals surface area contributed by atoms with Gasteiger partial charge >= 0.3 is 0 Å². The number of nitrogen functional groups attached to an aromatic ring is 1. The second kappa shape index (κ2) is 6.92. The fourth-order valence-corrected chi connectivity index (χ4v) is 3.09. The predicted molar refractivity (Wildman–Crippen MR) is 78.2 cm³/mol. The van der Waals surface area contributed by atoms with Crippen LogP contribution in [0.3, 0.4) is 0 Å². The van der Waals surface area contributed by atoms with E-state index < -0.39 is 10.0 Å². The van der Waals surface area contributed by atoms with Crippen LogP contribution in [0.25, 0.3) is 0 Å². The highest BCUT2D eigenvalue weighted by molar-refractivity contribution is 7.89. The molecule has 0 aliphatic rings. The van der Waals surface area contributed by atoms with Crippen LogP contribution in [0.15, 0.2) is 23.1 Å². The van der Waals surface area contributed by atoms with Crippen LogP contribution in [-0.2, 0) is 14.8 Å². The van der Waals surface area contributed by atoms with Gasteiger partial charge in [-0.05, 0) is 24.1 Å². The van der Waals surface area contributed by atoms with E-state index >= 15 is 0 Å². The lowest BCUT2D eigenvalue weighted by atomic mass is 10.1. The molecule has 0 radical (unpaired) electrons. The van der Waals surface area contributed by atoms with Crippen LogP contribution < -0.4 is 15.2 Å². The molecule has 0 aromatic heterocycles. The standard InChI is InChI=1S/C13H22N2O4S/c1-9(2)12(8-18-3)15-20(16,17)10-5-6-13(19-4)11(14)7-10/h5-7,9,12,15H,8,14H2,1-4H3. The van der Waals surface area contributed by atoms with E-state index in [2.05, 4.69) is 4.72 Å². The van der Waals surface area contributed by atoms with Crippen LogP contribution in [0.5, 0.6) is 5.75 Å². The predicted octanol–water partition coefficient (Wildman–Crippen LogP) is 1.23. The maximum Gasteiger partial charge on any atom is 0.240 e. The largest absolute Gasteiger partial charge is 0.495 e. The van der Waals surface area contributed by atoms with Gasteiger partial charge in [0.2, 0.25) is 10.0 Å². The third-order valence-corrected chi connectivity index (χ3v) is 4.46. The van der Waals surface area contributed by atoms with E-state index in [1.807, 2.05) is 13.8 Å². The van der Waals surface area contributed by atoms with Gasteiger partial charge < -0.3 is 15.2 Å². The molecule has 1 aromatic rings. The van der Waals surface area contributed by atoms with Crippen LogP contribution in [0.2, 0.25) is 0 Å². The van der Waals surface area contributed by atoms with Gasteiger partial charge in [-0.2, -0.15) is 0 Å². The lowest BCUT2D eigenvalue weighted by Crippen LogP contribution is -2.41. The maximum absolute atomic E-state index is 12.3. The highest BCUT2D eigenvalue weighted by Crippen LogP contribution is 2.24. The SMILES string of the molecule is COCC(NS(=O)(=O)c1ccc(OC)c(N)c1)C(C)C. The van der Waals surface area contributed by atoms with Crippen LogP contribution in [0.1, 0.15) is 13.8 Å². The summed E-state index contributed by atoms with van der Waals surface area (Å²) in [6.07, 6.45) is 0. The number of hydrogen-bond donors (Lipinski definition) is 2. The number of hydrogen-bond acceptors (Lipinski definition) is 5. The number of rotatable bonds is 7. The van der Waals surface area contributed by atoms with Crippen LogP contribution in [0, 0.1) is 5.92 Å². The molecule has 1 rings (SSSR count). The number of benzene rings is 1. The van der Waals surface area contributed by atoms with E-state index in [0.29, 0.717) is 12.4 Å². The molecule has 7 heteroatoms. The van der Waals surface area contributed by atoms with Gasteiger partial charge in [-0.15, -0.1) is 0 Å². The van der Waals surface area contributed by atoms with Crippen molar-refractivity contribution in [1.29, 1.82) is 0 Å². The lowest BCUT2D eigenvalue weighted by Gasteiger charge is -2.21. The summed E-state index contributed by atoms with van der Waals surface area (Å²) >= 11 is 0. The smallest absolute Gasteiger partial charge is 0.240 e. The van der Waals surface area contributed by atoms with E-state index in [1.54, 1.807) is 0 Å². The molecule has 114 valence electrons. The second-order valence-electron chi connectivity index (χ2n) is 4.83. The van der Waals surface area contributed by atoms with Gasteiger partial charge in [0, 0.05) is 13.2 Å². The molecule has 0 saturated carbocycles. The zero-order valence-electron chi connectivity index (χ0n) is 12.2. The summed E-state index contributed by atoms with van der Waals surface area (Å²) in [5.74, 6) is 0.557. The first-order valence-corrected chi connectivity index (χ1v) is 7.75. The molecule has 6 nitrogen and oxygen atoms in total. The van der Waals surface area contributed by atoms with Crippen molar-refractivity contribution < 1.29 is 17.9 Å². The summed E-state index contributed by atoms with van der Waals surface area (Å²) in [6, 6.07) is 4.07. The van der Waals surface area contributed by atoms with Gasteiger partial charge in [-0.25, -0.2) is 13.1 Å². The van der Waals surface area contributed by atoms with E-state index in [9.17, 15) is 8.42 Å². The van der Waals surface area contributed by atoms with Crippen molar-refractivity contribution in [2.45, 2.75) is 24.8 Å². The molecule has 1 atom stereocenters. The summed E-state index contributed by atoms with van der Waals surface area (Å²) in [7, 11) is -0.625. The molecule has 0 bridgehead atoms. The Labute approximate surface area is 120 Å². The van der Waals surface area contributed by atoms with Gasteiger partial charge in [-0.1, -0.05) is 13.8 Å². The average molecular weight is 302 g/mol. The monoisotopic (exact) mass is 302 g/mol. The van der Waals surface area contributed by atoms with Crippen molar-refractivity contribution in [2.24, 2.45) is 5.92 Å². The number of sulfonamides is 1. The Morgan fingerprint density at radius 3 is 2.40 bits per heavy atom. The first-order valence-electron chi connectivity index (χ1n) is 6.26. The van der Waals surface area contributed by atoms with Crippen LogP contribution in [-0.4, -0.2) is 35.3 Å². The van der Waals surface area contributed by atoms with Crippen molar-refractivity contribution >= 4 is 15.7 Å². The molecule has 0 saturated heterocycles. The summed E-state index contributed by atoms with van der Waals surface area (Å²) in [5, 5.41) is 0. The third-order valence-electron chi connectivity index (χ3n) is 2.97. The molecule has 1 aromatic carbocycles. The van der Waals surface area contributed by atoms with Crippen molar-refractivity contribution in [2.75, 3.05) is 26.6 Å². The number of nitrogens with one attached hydrogen (secondary N) is 1. The minimum Gasteiger partial charge on any atom is -0.495 e. The Bertz CT molecular complexity index is 543. The van der Waals surface area contributed by atoms with E-state index in [0.717, 1.165) is 0 Å². The van der Waals surface area contributed by atoms with Crippen molar-refractivity contribution in [3.63, 3.8) is 0 Å². The number of ether oxygens (including phenoxy) is 2. The Kier molecular flexibility index (Phi) is 5.79. The Morgan fingerprint density at radius 2 is 1.95 bits per heavy atom. The Balaban J connectivity index is 3.01. The van der Waals surface area contributed by atoms with E-state index in [-0.39, 0.29) is 22.5 Å². The lowest BCUT2D eigenvalue weighted by molar-refractivity contribution is 0.157. The molecule has 0 aliphatic heterocycles.